The van der Waals surface area contributed by atoms with Crippen molar-refractivity contribution in [1.29, 1.82) is 0 Å². The second-order valence-electron chi connectivity index (χ2n) is 2.45. The van der Waals surface area contributed by atoms with E-state index in [4.69, 9.17) is 11.6 Å². The fourth-order valence-electron chi connectivity index (χ4n) is 0.829. The first-order chi connectivity index (χ1) is 4.85. The number of hydrogen-bond donors (Lipinski definition) is 0. The van der Waals surface area contributed by atoms with Crippen LogP contribution in [0.4, 0.5) is 0 Å². The van der Waals surface area contributed by atoms with Crippen LogP contribution in [0.5, 0.6) is 0 Å². The molecular weight excluding hydrogens is 164 g/mol. The lowest BCUT2D eigenvalue weighted by atomic mass is 10.1. The largest absolute Gasteiger partial charge is 0.160 e. The van der Waals surface area contributed by atoms with Gasteiger partial charge in [-0.3, -0.25) is 0 Å². The van der Waals surface area contributed by atoms with E-state index in [1.807, 2.05) is 11.8 Å². The molecule has 0 aromatic carbocycles. The van der Waals surface area contributed by atoms with Gasteiger partial charge in [0.1, 0.15) is 0 Å². The number of halogens is 1. The van der Waals surface area contributed by atoms with Crippen LogP contribution in [0, 0.1) is 5.92 Å². The third-order valence-electron chi connectivity index (χ3n) is 1.73. The van der Waals surface area contributed by atoms with E-state index in [9.17, 15) is 0 Å². The highest BCUT2D eigenvalue weighted by atomic mass is 35.5. The van der Waals surface area contributed by atoms with Gasteiger partial charge in [0.2, 0.25) is 0 Å². The standard InChI is InChI=1S/C8H17ClS/c1-3-8(4-2)7-10-6-5-9/h8H,3-7H2,1-2H3. The lowest BCUT2D eigenvalue weighted by Gasteiger charge is -2.09. The molecular formula is C8H17ClS. The molecule has 0 aromatic heterocycles. The van der Waals surface area contributed by atoms with Crippen molar-refractivity contribution < 1.29 is 0 Å². The van der Waals surface area contributed by atoms with Crippen LogP contribution in [0.3, 0.4) is 0 Å². The molecule has 0 saturated carbocycles. The molecule has 10 heavy (non-hydrogen) atoms. The van der Waals surface area contributed by atoms with Crippen LogP contribution in [0.1, 0.15) is 26.7 Å². The van der Waals surface area contributed by atoms with Crippen LogP contribution >= 0.6 is 23.4 Å². The fourth-order valence-corrected chi connectivity index (χ4v) is 2.24. The molecule has 0 spiro atoms. The van der Waals surface area contributed by atoms with Crippen LogP contribution in [-0.2, 0) is 0 Å². The van der Waals surface area contributed by atoms with E-state index in [1.165, 1.54) is 18.6 Å². The SMILES string of the molecule is CCC(CC)CSCCCl. The van der Waals surface area contributed by atoms with Crippen molar-refractivity contribution in [3.63, 3.8) is 0 Å². The molecule has 0 nitrogen and oxygen atoms in total. The van der Waals surface area contributed by atoms with E-state index in [0.717, 1.165) is 17.6 Å². The quantitative estimate of drug-likeness (QED) is 0.446. The second kappa shape index (κ2) is 7.74. The van der Waals surface area contributed by atoms with Crippen molar-refractivity contribution in [2.24, 2.45) is 5.92 Å². The summed E-state index contributed by atoms with van der Waals surface area (Å²) in [4.78, 5) is 0. The number of hydrogen-bond acceptors (Lipinski definition) is 1. The minimum absolute atomic E-state index is 0.796. The van der Waals surface area contributed by atoms with Crippen molar-refractivity contribution in [1.82, 2.24) is 0 Å². The van der Waals surface area contributed by atoms with E-state index < -0.39 is 0 Å². The highest BCUT2D eigenvalue weighted by Crippen LogP contribution is 2.14. The highest BCUT2D eigenvalue weighted by molar-refractivity contribution is 7.99. The molecule has 0 unspecified atom stereocenters. The number of alkyl halides is 1. The summed E-state index contributed by atoms with van der Waals surface area (Å²) < 4.78 is 0. The Hall–Kier alpha value is 0.640. The molecule has 0 aliphatic heterocycles. The molecule has 2 heteroatoms. The summed E-state index contributed by atoms with van der Waals surface area (Å²) >= 11 is 7.53. The maximum absolute atomic E-state index is 5.55. The highest BCUT2D eigenvalue weighted by Gasteiger charge is 2.01. The molecule has 0 fully saturated rings. The number of rotatable bonds is 6. The first kappa shape index (κ1) is 10.6. The molecule has 0 radical (unpaired) electrons. The minimum Gasteiger partial charge on any atom is -0.160 e. The molecule has 0 heterocycles. The summed E-state index contributed by atoms with van der Waals surface area (Å²) in [5.74, 6) is 4.11. The van der Waals surface area contributed by atoms with Gasteiger partial charge < -0.3 is 0 Å². The van der Waals surface area contributed by atoms with Gasteiger partial charge in [-0.1, -0.05) is 26.7 Å². The fraction of sp³-hybridized carbons (Fsp3) is 1.00. The Balaban J connectivity index is 3.09. The van der Waals surface area contributed by atoms with Crippen molar-refractivity contribution in [3.8, 4) is 0 Å². The monoisotopic (exact) mass is 180 g/mol. The van der Waals surface area contributed by atoms with E-state index in [1.54, 1.807) is 0 Å². The smallest absolute Gasteiger partial charge is 0.0314 e. The molecule has 0 amide bonds. The maximum atomic E-state index is 5.55. The van der Waals surface area contributed by atoms with Crippen molar-refractivity contribution in [2.45, 2.75) is 26.7 Å². The summed E-state index contributed by atoms with van der Waals surface area (Å²) in [6.07, 6.45) is 2.62. The molecule has 62 valence electrons. The zero-order valence-corrected chi connectivity index (χ0v) is 8.47. The molecule has 0 rings (SSSR count). The topological polar surface area (TPSA) is 0 Å². The Morgan fingerprint density at radius 1 is 1.30 bits per heavy atom. The van der Waals surface area contributed by atoms with Crippen molar-refractivity contribution in [2.75, 3.05) is 17.4 Å². The van der Waals surface area contributed by atoms with Gasteiger partial charge >= 0.3 is 0 Å². The lowest BCUT2D eigenvalue weighted by molar-refractivity contribution is 0.554. The summed E-state index contributed by atoms with van der Waals surface area (Å²) in [6, 6.07) is 0. The van der Waals surface area contributed by atoms with Gasteiger partial charge in [0.25, 0.3) is 0 Å². The molecule has 0 aliphatic carbocycles. The van der Waals surface area contributed by atoms with Crippen LogP contribution in [0.15, 0.2) is 0 Å². The van der Waals surface area contributed by atoms with Crippen LogP contribution in [0.2, 0.25) is 0 Å². The van der Waals surface area contributed by atoms with Gasteiger partial charge in [0.15, 0.2) is 0 Å². The van der Waals surface area contributed by atoms with Crippen LogP contribution < -0.4 is 0 Å². The second-order valence-corrected chi connectivity index (χ2v) is 3.97. The summed E-state index contributed by atoms with van der Waals surface area (Å²) in [6.45, 7) is 4.52. The average Bonchev–Trinajstić information content (AvgIpc) is 1.99. The average molecular weight is 181 g/mol. The maximum Gasteiger partial charge on any atom is 0.0314 e. The Kier molecular flexibility index (Phi) is 8.24. The molecule has 0 bridgehead atoms. The molecule has 0 N–H and O–H groups in total. The summed E-state index contributed by atoms with van der Waals surface area (Å²) in [7, 11) is 0. The normalized spacial score (nSPS) is 10.8. The Bertz CT molecular complexity index is 62.3. The molecule has 0 saturated heterocycles. The lowest BCUT2D eigenvalue weighted by Crippen LogP contribution is -2.00. The zero-order chi connectivity index (χ0) is 7.82. The molecule has 0 aliphatic rings. The third-order valence-corrected chi connectivity index (χ3v) is 3.34. The van der Waals surface area contributed by atoms with E-state index in [0.29, 0.717) is 0 Å². The molecule has 0 aromatic rings. The van der Waals surface area contributed by atoms with Gasteiger partial charge in [0.05, 0.1) is 0 Å². The van der Waals surface area contributed by atoms with Crippen LogP contribution in [-0.4, -0.2) is 17.4 Å². The zero-order valence-electron chi connectivity index (χ0n) is 6.90. The summed E-state index contributed by atoms with van der Waals surface area (Å²) in [5, 5.41) is 0. The predicted molar refractivity (Wildman–Crippen MR) is 52.1 cm³/mol. The van der Waals surface area contributed by atoms with Gasteiger partial charge in [0, 0.05) is 11.6 Å². The third kappa shape index (κ3) is 5.43. The van der Waals surface area contributed by atoms with Crippen molar-refractivity contribution in [3.05, 3.63) is 0 Å². The summed E-state index contributed by atoms with van der Waals surface area (Å²) in [5.41, 5.74) is 0. The Labute approximate surface area is 73.7 Å². The molecule has 0 atom stereocenters. The number of thioether (sulfide) groups is 1. The van der Waals surface area contributed by atoms with Crippen LogP contribution in [0.25, 0.3) is 0 Å². The Morgan fingerprint density at radius 2 is 1.90 bits per heavy atom. The van der Waals surface area contributed by atoms with E-state index >= 15 is 0 Å². The van der Waals surface area contributed by atoms with Gasteiger partial charge in [-0.25, -0.2) is 0 Å². The van der Waals surface area contributed by atoms with Gasteiger partial charge in [-0.15, -0.1) is 11.6 Å². The van der Waals surface area contributed by atoms with Gasteiger partial charge in [-0.05, 0) is 11.7 Å². The van der Waals surface area contributed by atoms with E-state index in [2.05, 4.69) is 13.8 Å². The predicted octanol–water partition coefficient (Wildman–Crippen LogP) is 3.39. The van der Waals surface area contributed by atoms with Crippen molar-refractivity contribution >= 4 is 23.4 Å². The first-order valence-corrected chi connectivity index (χ1v) is 5.67. The first-order valence-electron chi connectivity index (χ1n) is 3.98. The van der Waals surface area contributed by atoms with E-state index in [-0.39, 0.29) is 0 Å². The van der Waals surface area contributed by atoms with Gasteiger partial charge in [-0.2, -0.15) is 11.8 Å². The minimum atomic E-state index is 0.796. The Morgan fingerprint density at radius 3 is 2.30 bits per heavy atom.